The van der Waals surface area contributed by atoms with Crippen LogP contribution in [0.25, 0.3) is 0 Å². The van der Waals surface area contributed by atoms with E-state index in [-0.39, 0.29) is 29.4 Å². The summed E-state index contributed by atoms with van der Waals surface area (Å²) < 4.78 is 43.0. The first-order chi connectivity index (χ1) is 9.23. The van der Waals surface area contributed by atoms with Gasteiger partial charge in [0.05, 0.1) is 0 Å². The molecule has 1 rings (SSSR count). The molecule has 20 heavy (non-hydrogen) atoms. The van der Waals surface area contributed by atoms with Crippen molar-refractivity contribution < 1.29 is 17.9 Å². The Morgan fingerprint density at radius 2 is 2.00 bits per heavy atom. The van der Waals surface area contributed by atoms with Crippen molar-refractivity contribution in [1.29, 1.82) is 0 Å². The molecule has 0 aliphatic rings. The Kier molecular flexibility index (Phi) is 6.01. The van der Waals surface area contributed by atoms with Crippen molar-refractivity contribution in [2.45, 2.75) is 39.6 Å². The quantitative estimate of drug-likeness (QED) is 0.754. The Balaban J connectivity index is 3.03. The zero-order valence-electron chi connectivity index (χ0n) is 11.5. The van der Waals surface area contributed by atoms with Crippen LogP contribution in [0.2, 0.25) is 5.15 Å². The molecule has 1 aromatic rings. The molecule has 0 saturated carbocycles. The molecule has 0 spiro atoms. The van der Waals surface area contributed by atoms with E-state index in [0.29, 0.717) is 6.61 Å². The van der Waals surface area contributed by atoms with Gasteiger partial charge in [0.15, 0.2) is 5.82 Å². The summed E-state index contributed by atoms with van der Waals surface area (Å²) in [5.74, 6) is 0.411. The maximum absolute atomic E-state index is 12.6. The van der Waals surface area contributed by atoms with Gasteiger partial charge in [0.2, 0.25) is 0 Å². The number of halogens is 4. The minimum atomic E-state index is -4.32. The first-order valence-corrected chi connectivity index (χ1v) is 6.55. The lowest BCUT2D eigenvalue weighted by molar-refractivity contribution is -0.120. The number of hydrogen-bond acceptors (Lipinski definition) is 4. The second-order valence-electron chi connectivity index (χ2n) is 4.44. The van der Waals surface area contributed by atoms with Gasteiger partial charge in [-0.25, -0.2) is 9.97 Å². The van der Waals surface area contributed by atoms with Gasteiger partial charge < -0.3 is 9.64 Å². The van der Waals surface area contributed by atoms with E-state index in [1.165, 1.54) is 6.07 Å². The molecule has 0 bridgehead atoms. The van der Waals surface area contributed by atoms with Gasteiger partial charge in [0.25, 0.3) is 0 Å². The number of anilines is 1. The van der Waals surface area contributed by atoms with Crippen LogP contribution in [0.1, 0.15) is 26.6 Å². The molecule has 0 unspecified atom stereocenters. The fraction of sp³-hybridized carbons (Fsp3) is 0.667. The number of rotatable bonds is 6. The van der Waals surface area contributed by atoms with Crippen molar-refractivity contribution >= 4 is 17.4 Å². The van der Waals surface area contributed by atoms with Crippen LogP contribution in [0.5, 0.6) is 0 Å². The molecule has 0 aliphatic carbocycles. The van der Waals surface area contributed by atoms with Crippen molar-refractivity contribution in [2.24, 2.45) is 0 Å². The third-order valence-corrected chi connectivity index (χ3v) is 2.62. The highest BCUT2D eigenvalue weighted by molar-refractivity contribution is 6.29. The normalized spacial score (nSPS) is 12.0. The molecule has 0 aromatic carbocycles. The average Bonchev–Trinajstić information content (AvgIpc) is 2.31. The van der Waals surface area contributed by atoms with Crippen LogP contribution in [-0.2, 0) is 11.3 Å². The fourth-order valence-corrected chi connectivity index (χ4v) is 1.77. The number of alkyl halides is 3. The van der Waals surface area contributed by atoms with Crippen molar-refractivity contribution in [2.75, 3.05) is 18.1 Å². The predicted molar refractivity (Wildman–Crippen MR) is 70.9 cm³/mol. The lowest BCUT2D eigenvalue weighted by Gasteiger charge is -2.29. The van der Waals surface area contributed by atoms with Gasteiger partial charge in [-0.3, -0.25) is 0 Å². The van der Waals surface area contributed by atoms with Crippen LogP contribution in [0.4, 0.5) is 19.0 Å². The maximum Gasteiger partial charge on any atom is 0.405 e. The molecule has 1 heterocycles. The van der Waals surface area contributed by atoms with Gasteiger partial charge in [-0.2, -0.15) is 13.2 Å². The highest BCUT2D eigenvalue weighted by Crippen LogP contribution is 2.24. The number of ether oxygens (including phenoxy) is 1. The number of hydrogen-bond donors (Lipinski definition) is 0. The Labute approximate surface area is 120 Å². The Bertz CT molecular complexity index is 440. The van der Waals surface area contributed by atoms with E-state index < -0.39 is 12.7 Å². The molecule has 0 atom stereocenters. The molecule has 8 heteroatoms. The molecule has 0 fully saturated rings. The van der Waals surface area contributed by atoms with Crippen LogP contribution in [0.3, 0.4) is 0 Å². The summed E-state index contributed by atoms with van der Waals surface area (Å²) in [6.07, 6.45) is -4.32. The lowest BCUT2D eigenvalue weighted by atomic mass is 10.3. The third-order valence-electron chi connectivity index (χ3n) is 2.43. The zero-order valence-corrected chi connectivity index (χ0v) is 12.3. The van der Waals surface area contributed by atoms with E-state index in [1.807, 2.05) is 0 Å². The van der Waals surface area contributed by atoms with Gasteiger partial charge >= 0.3 is 6.18 Å². The zero-order chi connectivity index (χ0) is 15.3. The van der Waals surface area contributed by atoms with E-state index in [0.717, 1.165) is 4.90 Å². The van der Waals surface area contributed by atoms with Crippen LogP contribution in [-0.4, -0.2) is 35.3 Å². The molecule has 1 aromatic heterocycles. The summed E-state index contributed by atoms with van der Waals surface area (Å²) in [5, 5.41) is 0.0949. The summed E-state index contributed by atoms with van der Waals surface area (Å²) in [6.45, 7) is 4.60. The van der Waals surface area contributed by atoms with Gasteiger partial charge in [-0.05, 0) is 20.8 Å². The van der Waals surface area contributed by atoms with Gasteiger partial charge in [0, 0.05) is 18.7 Å². The SMILES string of the molecule is CCOCc1nc(Cl)cc(N(CC(F)(F)F)C(C)C)n1. The van der Waals surface area contributed by atoms with E-state index >= 15 is 0 Å². The smallest absolute Gasteiger partial charge is 0.374 e. The van der Waals surface area contributed by atoms with Gasteiger partial charge in [-0.15, -0.1) is 0 Å². The van der Waals surface area contributed by atoms with Crippen molar-refractivity contribution in [3.8, 4) is 0 Å². The number of aromatic nitrogens is 2. The second-order valence-corrected chi connectivity index (χ2v) is 4.83. The Morgan fingerprint density at radius 3 is 2.50 bits per heavy atom. The van der Waals surface area contributed by atoms with Crippen molar-refractivity contribution in [3.63, 3.8) is 0 Å². The topological polar surface area (TPSA) is 38.2 Å². The molecule has 0 aliphatic heterocycles. The second kappa shape index (κ2) is 7.08. The Morgan fingerprint density at radius 1 is 1.35 bits per heavy atom. The highest BCUT2D eigenvalue weighted by Gasteiger charge is 2.32. The van der Waals surface area contributed by atoms with Gasteiger partial charge in [0.1, 0.15) is 24.1 Å². The standard InChI is InChI=1S/C12H17ClF3N3O/c1-4-20-6-10-17-9(13)5-11(18-10)19(8(2)3)7-12(14,15)16/h5,8H,4,6-7H2,1-3H3. The summed E-state index contributed by atoms with van der Waals surface area (Å²) in [5.41, 5.74) is 0. The van der Waals surface area contributed by atoms with Crippen molar-refractivity contribution in [1.82, 2.24) is 9.97 Å². The average molecular weight is 312 g/mol. The summed E-state index contributed by atoms with van der Waals surface area (Å²) in [4.78, 5) is 9.14. The van der Waals surface area contributed by atoms with E-state index in [1.54, 1.807) is 20.8 Å². The van der Waals surface area contributed by atoms with Crippen LogP contribution >= 0.6 is 11.6 Å². The third kappa shape index (κ3) is 5.50. The molecule has 0 radical (unpaired) electrons. The molecule has 4 nitrogen and oxygen atoms in total. The van der Waals surface area contributed by atoms with Gasteiger partial charge in [-0.1, -0.05) is 11.6 Å². The minimum Gasteiger partial charge on any atom is -0.374 e. The van der Waals surface area contributed by atoms with Crippen molar-refractivity contribution in [3.05, 3.63) is 17.0 Å². The number of nitrogens with zero attached hydrogens (tertiary/aromatic N) is 3. The maximum atomic E-state index is 12.6. The largest absolute Gasteiger partial charge is 0.405 e. The molecule has 0 N–H and O–H groups in total. The lowest BCUT2D eigenvalue weighted by Crippen LogP contribution is -2.39. The van der Waals surface area contributed by atoms with E-state index in [9.17, 15) is 13.2 Å². The van der Waals surface area contributed by atoms with E-state index in [4.69, 9.17) is 16.3 Å². The van der Waals surface area contributed by atoms with Crippen LogP contribution < -0.4 is 4.90 Å². The molecule has 0 saturated heterocycles. The van der Waals surface area contributed by atoms with Crippen LogP contribution in [0.15, 0.2) is 6.07 Å². The predicted octanol–water partition coefficient (Wildman–Crippen LogP) is 3.44. The first kappa shape index (κ1) is 17.0. The van der Waals surface area contributed by atoms with E-state index in [2.05, 4.69) is 9.97 Å². The molecule has 114 valence electrons. The molecule has 0 amide bonds. The minimum absolute atomic E-state index is 0.0949. The molecular formula is C12H17ClF3N3O. The Hall–Kier alpha value is -1.08. The summed E-state index contributed by atoms with van der Waals surface area (Å²) in [6, 6.07) is 0.950. The monoisotopic (exact) mass is 311 g/mol. The first-order valence-electron chi connectivity index (χ1n) is 6.17. The molecular weight excluding hydrogens is 295 g/mol. The summed E-state index contributed by atoms with van der Waals surface area (Å²) in [7, 11) is 0. The summed E-state index contributed by atoms with van der Waals surface area (Å²) >= 11 is 5.83. The highest BCUT2D eigenvalue weighted by atomic mass is 35.5. The van der Waals surface area contributed by atoms with Crippen LogP contribution in [0, 0.1) is 0 Å². The fourth-order valence-electron chi connectivity index (χ4n) is 1.58.